The summed E-state index contributed by atoms with van der Waals surface area (Å²) in [5.74, 6) is -1.49. The molecule has 3 heterocycles. The van der Waals surface area contributed by atoms with Crippen molar-refractivity contribution in [2.24, 2.45) is 4.99 Å². The molecule has 1 atom stereocenters. The van der Waals surface area contributed by atoms with Crippen LogP contribution in [0.15, 0.2) is 59.9 Å². The smallest absolute Gasteiger partial charge is 0.293 e. The molecule has 0 saturated heterocycles. The molecule has 1 aliphatic rings. The lowest BCUT2D eigenvalue weighted by molar-refractivity contribution is -0.115. The normalized spacial score (nSPS) is 15.8. The first-order valence-corrected chi connectivity index (χ1v) is 9.95. The van der Waals surface area contributed by atoms with Gasteiger partial charge in [-0.2, -0.15) is 0 Å². The molecule has 2 N–H and O–H groups in total. The number of benzene rings is 1. The third kappa shape index (κ3) is 5.16. The molecule has 31 heavy (non-hydrogen) atoms. The Kier molecular flexibility index (Phi) is 6.08. The van der Waals surface area contributed by atoms with E-state index in [4.69, 9.17) is 16.3 Å². The van der Waals surface area contributed by atoms with Crippen molar-refractivity contribution >= 4 is 40.0 Å². The Morgan fingerprint density at radius 2 is 2.10 bits per heavy atom. The molecule has 3 aromatic rings. The zero-order valence-corrected chi connectivity index (χ0v) is 17.0. The van der Waals surface area contributed by atoms with Crippen molar-refractivity contribution in [3.8, 4) is 0 Å². The Labute approximate surface area is 182 Å². The van der Waals surface area contributed by atoms with Crippen LogP contribution in [0.3, 0.4) is 0 Å². The zero-order chi connectivity index (χ0) is 21.8. The topological polar surface area (TPSA) is 96.4 Å². The lowest BCUT2D eigenvalue weighted by Gasteiger charge is -2.12. The van der Waals surface area contributed by atoms with Gasteiger partial charge < -0.3 is 15.0 Å². The predicted molar refractivity (Wildman–Crippen MR) is 115 cm³/mol. The summed E-state index contributed by atoms with van der Waals surface area (Å²) in [5, 5.41) is 3.75. The lowest BCUT2D eigenvalue weighted by atomic mass is 10.1. The van der Waals surface area contributed by atoms with Crippen molar-refractivity contribution < 1.29 is 18.7 Å². The van der Waals surface area contributed by atoms with Crippen molar-refractivity contribution in [3.63, 3.8) is 0 Å². The number of aromatic nitrogens is 2. The van der Waals surface area contributed by atoms with Gasteiger partial charge in [0.05, 0.1) is 24.5 Å². The number of carbonyl (C=O) groups is 2. The van der Waals surface area contributed by atoms with E-state index in [1.54, 1.807) is 30.5 Å². The Balaban J connectivity index is 1.57. The van der Waals surface area contributed by atoms with Gasteiger partial charge in [-0.25, -0.2) is 14.4 Å². The molecule has 0 bridgehead atoms. The third-order valence-electron chi connectivity index (χ3n) is 4.74. The molecular formula is C22H18ClFN4O3. The molecular weight excluding hydrogens is 423 g/mol. The van der Waals surface area contributed by atoms with Crippen LogP contribution in [0.5, 0.6) is 0 Å². The van der Waals surface area contributed by atoms with Crippen LogP contribution in [0.4, 0.5) is 4.39 Å². The van der Waals surface area contributed by atoms with E-state index in [9.17, 15) is 14.0 Å². The number of nitrogens with one attached hydrogen (secondary N) is 2. The van der Waals surface area contributed by atoms with E-state index < -0.39 is 11.8 Å². The number of H-pyrrole nitrogens is 1. The molecule has 0 saturated carbocycles. The molecule has 0 radical (unpaired) electrons. The molecule has 9 heteroatoms. The van der Waals surface area contributed by atoms with Gasteiger partial charge in [0.15, 0.2) is 0 Å². The van der Waals surface area contributed by atoms with E-state index in [0.717, 1.165) is 0 Å². The summed E-state index contributed by atoms with van der Waals surface area (Å²) in [5.41, 5.74) is 1.48. The molecule has 2 aromatic heterocycles. The maximum Gasteiger partial charge on any atom is 0.293 e. The molecule has 158 valence electrons. The molecule has 2 amide bonds. The number of nitrogens with zero attached hydrogens (tertiary/aromatic N) is 2. The van der Waals surface area contributed by atoms with Crippen LogP contribution in [0, 0.1) is 5.82 Å². The van der Waals surface area contributed by atoms with Crippen molar-refractivity contribution in [3.05, 3.63) is 77.2 Å². The van der Waals surface area contributed by atoms with Gasteiger partial charge in [-0.3, -0.25) is 9.59 Å². The minimum atomic E-state index is -0.613. The average molecular weight is 441 g/mol. The van der Waals surface area contributed by atoms with Crippen molar-refractivity contribution in [2.45, 2.75) is 18.9 Å². The highest BCUT2D eigenvalue weighted by Crippen LogP contribution is 2.18. The molecule has 1 unspecified atom stereocenters. The number of aliphatic imine (C=N–C) groups is 1. The summed E-state index contributed by atoms with van der Waals surface area (Å²) in [6.45, 7) is 0.277. The van der Waals surface area contributed by atoms with Crippen LogP contribution >= 0.6 is 11.6 Å². The molecule has 0 aliphatic carbocycles. The minimum absolute atomic E-state index is 0.0115. The standard InChI is InChI=1S/C22H18ClFN4O3/c23-20-10-14-9-18(27-19(14)12-25-20)22(30)28-17(8-13-3-5-15(24)6-4-13)21(29)26-11-16-2-1-7-31-16/h1,3-7,9-10,12,16,27H,2,8,11H2,(H,26,29)/b28-17+. The van der Waals surface area contributed by atoms with E-state index in [1.807, 2.05) is 6.08 Å². The average Bonchev–Trinajstić information content (AvgIpc) is 3.42. The van der Waals surface area contributed by atoms with E-state index in [2.05, 4.69) is 20.3 Å². The van der Waals surface area contributed by atoms with Gasteiger partial charge in [-0.05, 0) is 35.9 Å². The molecule has 1 aliphatic heterocycles. The number of hydrogen-bond acceptors (Lipinski definition) is 4. The van der Waals surface area contributed by atoms with Crippen molar-refractivity contribution in [1.29, 1.82) is 0 Å². The summed E-state index contributed by atoms with van der Waals surface area (Å²) < 4.78 is 18.6. The number of fused-ring (bicyclic) bond motifs is 1. The van der Waals surface area contributed by atoms with E-state index in [1.165, 1.54) is 18.3 Å². The quantitative estimate of drug-likeness (QED) is 0.452. The summed E-state index contributed by atoms with van der Waals surface area (Å²) in [6, 6.07) is 8.89. The second-order valence-corrected chi connectivity index (χ2v) is 7.41. The van der Waals surface area contributed by atoms with Crippen LogP contribution in [0.25, 0.3) is 10.9 Å². The molecule has 0 fully saturated rings. The van der Waals surface area contributed by atoms with Crippen LogP contribution < -0.4 is 5.32 Å². The van der Waals surface area contributed by atoms with Gasteiger partial charge in [0.1, 0.15) is 28.5 Å². The van der Waals surface area contributed by atoms with Crippen molar-refractivity contribution in [1.82, 2.24) is 15.3 Å². The van der Waals surface area contributed by atoms with Gasteiger partial charge in [-0.1, -0.05) is 23.7 Å². The number of aromatic amines is 1. The Morgan fingerprint density at radius 3 is 2.84 bits per heavy atom. The summed E-state index contributed by atoms with van der Waals surface area (Å²) >= 11 is 5.89. The molecule has 1 aromatic carbocycles. The minimum Gasteiger partial charge on any atom is -0.496 e. The second kappa shape index (κ2) is 9.09. The molecule has 7 nitrogen and oxygen atoms in total. The third-order valence-corrected chi connectivity index (χ3v) is 4.95. The zero-order valence-electron chi connectivity index (χ0n) is 16.3. The highest BCUT2D eigenvalue weighted by Gasteiger charge is 2.19. The van der Waals surface area contributed by atoms with Gasteiger partial charge in [0.2, 0.25) is 0 Å². The summed E-state index contributed by atoms with van der Waals surface area (Å²) in [4.78, 5) is 36.5. The highest BCUT2D eigenvalue weighted by molar-refractivity contribution is 6.41. The maximum absolute atomic E-state index is 13.2. The summed E-state index contributed by atoms with van der Waals surface area (Å²) in [6.07, 6.45) is 5.57. The first-order chi connectivity index (χ1) is 15.0. The first kappa shape index (κ1) is 20.7. The number of halogens is 2. The van der Waals surface area contributed by atoms with Gasteiger partial charge >= 0.3 is 0 Å². The molecule has 0 spiro atoms. The fraction of sp³-hybridized carbons (Fsp3) is 0.182. The van der Waals surface area contributed by atoms with Gasteiger partial charge in [-0.15, -0.1) is 0 Å². The maximum atomic E-state index is 13.2. The first-order valence-electron chi connectivity index (χ1n) is 9.57. The number of amides is 2. The van der Waals surface area contributed by atoms with Crippen LogP contribution in [-0.2, 0) is 16.0 Å². The number of rotatable bonds is 6. The fourth-order valence-corrected chi connectivity index (χ4v) is 3.30. The lowest BCUT2D eigenvalue weighted by Crippen LogP contribution is -2.37. The number of carbonyl (C=O) groups excluding carboxylic acids is 2. The largest absolute Gasteiger partial charge is 0.496 e. The summed E-state index contributed by atoms with van der Waals surface area (Å²) in [7, 11) is 0. The Bertz CT molecular complexity index is 1180. The van der Waals surface area contributed by atoms with E-state index in [-0.39, 0.29) is 36.3 Å². The predicted octanol–water partition coefficient (Wildman–Crippen LogP) is 3.60. The van der Waals surface area contributed by atoms with Crippen LogP contribution in [0.1, 0.15) is 22.5 Å². The fourth-order valence-electron chi connectivity index (χ4n) is 3.14. The van der Waals surface area contributed by atoms with E-state index >= 15 is 0 Å². The van der Waals surface area contributed by atoms with Gasteiger partial charge in [0.25, 0.3) is 11.8 Å². The van der Waals surface area contributed by atoms with Gasteiger partial charge in [0, 0.05) is 18.2 Å². The van der Waals surface area contributed by atoms with Crippen LogP contribution in [0.2, 0.25) is 5.15 Å². The Hall–Kier alpha value is -3.52. The Morgan fingerprint density at radius 1 is 1.29 bits per heavy atom. The number of ether oxygens (including phenoxy) is 1. The second-order valence-electron chi connectivity index (χ2n) is 7.02. The number of hydrogen-bond donors (Lipinski definition) is 2. The van der Waals surface area contributed by atoms with E-state index in [0.29, 0.717) is 28.0 Å². The van der Waals surface area contributed by atoms with Crippen molar-refractivity contribution in [2.75, 3.05) is 6.54 Å². The monoisotopic (exact) mass is 440 g/mol. The number of pyridine rings is 1. The van der Waals surface area contributed by atoms with Crippen LogP contribution in [-0.4, -0.2) is 40.1 Å². The SMILES string of the molecule is O=C(NCC1CC=CO1)/C(Cc1ccc(F)cc1)=N/C(=O)c1cc2cc(Cl)ncc2[nH]1. The molecule has 4 rings (SSSR count). The highest BCUT2D eigenvalue weighted by atomic mass is 35.5.